The molecule has 0 unspecified atom stereocenters. The number of nitrogens with zero attached hydrogens (tertiary/aromatic N) is 3. The molecule has 1 aliphatic rings. The van der Waals surface area contributed by atoms with Crippen molar-refractivity contribution in [3.63, 3.8) is 0 Å². The molecule has 98 valence electrons. The van der Waals surface area contributed by atoms with Gasteiger partial charge in [-0.05, 0) is 25.8 Å². The topological polar surface area (TPSA) is 61.9 Å². The lowest BCUT2D eigenvalue weighted by atomic mass is 10.1. The molecule has 0 bridgehead atoms. The van der Waals surface area contributed by atoms with Crippen LogP contribution in [0.25, 0.3) is 0 Å². The van der Waals surface area contributed by atoms with Crippen molar-refractivity contribution in [2.45, 2.75) is 25.8 Å². The zero-order chi connectivity index (χ0) is 13.2. The fourth-order valence-electron chi connectivity index (χ4n) is 2.66. The van der Waals surface area contributed by atoms with Crippen molar-refractivity contribution >= 4 is 5.95 Å². The highest BCUT2D eigenvalue weighted by Gasteiger charge is 2.28. The van der Waals surface area contributed by atoms with Crippen LogP contribution in [0.4, 0.5) is 5.95 Å². The number of pyridine rings is 1. The lowest BCUT2D eigenvalue weighted by Gasteiger charge is -2.24. The van der Waals surface area contributed by atoms with Crippen LogP contribution in [0.3, 0.4) is 0 Å². The van der Waals surface area contributed by atoms with Gasteiger partial charge in [-0.2, -0.15) is 0 Å². The molecule has 2 aromatic rings. The summed E-state index contributed by atoms with van der Waals surface area (Å²) in [4.78, 5) is 25.7. The van der Waals surface area contributed by atoms with Crippen molar-refractivity contribution in [3.05, 3.63) is 52.2 Å². The molecule has 0 saturated carbocycles. The van der Waals surface area contributed by atoms with Gasteiger partial charge >= 0.3 is 0 Å². The maximum absolute atomic E-state index is 11.6. The predicted molar refractivity (Wildman–Crippen MR) is 73.2 cm³/mol. The van der Waals surface area contributed by atoms with Gasteiger partial charge in [0.25, 0.3) is 0 Å². The molecule has 0 aromatic carbocycles. The molecule has 19 heavy (non-hydrogen) atoms. The summed E-state index contributed by atoms with van der Waals surface area (Å²) >= 11 is 0. The van der Waals surface area contributed by atoms with Crippen LogP contribution in [0.5, 0.6) is 0 Å². The molecule has 1 N–H and O–H groups in total. The minimum atomic E-state index is 0.0482. The summed E-state index contributed by atoms with van der Waals surface area (Å²) in [6.07, 6.45) is 5.59. The Balaban J connectivity index is 1.97. The van der Waals surface area contributed by atoms with E-state index in [1.807, 2.05) is 13.0 Å². The first-order valence-electron chi connectivity index (χ1n) is 6.48. The van der Waals surface area contributed by atoms with Crippen LogP contribution in [-0.4, -0.2) is 21.5 Å². The van der Waals surface area contributed by atoms with E-state index in [-0.39, 0.29) is 11.5 Å². The number of hydrogen-bond acceptors (Lipinski definition) is 4. The second-order valence-electron chi connectivity index (χ2n) is 4.85. The molecule has 3 rings (SSSR count). The normalized spacial score (nSPS) is 18.8. The second-order valence-corrected chi connectivity index (χ2v) is 4.85. The monoisotopic (exact) mass is 256 g/mol. The van der Waals surface area contributed by atoms with Crippen LogP contribution < -0.4 is 10.3 Å². The van der Waals surface area contributed by atoms with E-state index in [1.165, 1.54) is 0 Å². The summed E-state index contributed by atoms with van der Waals surface area (Å²) in [6, 6.07) is 5.26. The van der Waals surface area contributed by atoms with Gasteiger partial charge in [0, 0.05) is 42.5 Å². The molecule has 5 nitrogen and oxygen atoms in total. The SMILES string of the molecule is Cc1cc(=O)cc([C@@H]2CCCN2c2ncccn2)[nH]1. The number of anilines is 1. The van der Waals surface area contributed by atoms with Crippen molar-refractivity contribution in [3.8, 4) is 0 Å². The molecule has 0 aliphatic carbocycles. The molecule has 1 atom stereocenters. The third-order valence-electron chi connectivity index (χ3n) is 3.42. The van der Waals surface area contributed by atoms with Gasteiger partial charge in [0.2, 0.25) is 5.95 Å². The Labute approximate surface area is 111 Å². The average Bonchev–Trinajstić information content (AvgIpc) is 2.88. The summed E-state index contributed by atoms with van der Waals surface area (Å²) in [5.41, 5.74) is 1.89. The second kappa shape index (κ2) is 4.84. The highest BCUT2D eigenvalue weighted by atomic mass is 16.1. The van der Waals surface area contributed by atoms with Crippen molar-refractivity contribution < 1.29 is 0 Å². The highest BCUT2D eigenvalue weighted by Crippen LogP contribution is 2.32. The maximum atomic E-state index is 11.6. The first-order chi connectivity index (χ1) is 9.24. The molecule has 3 heterocycles. The van der Waals surface area contributed by atoms with Gasteiger partial charge < -0.3 is 9.88 Å². The lowest BCUT2D eigenvalue weighted by Crippen LogP contribution is -2.26. The fourth-order valence-corrected chi connectivity index (χ4v) is 2.66. The fraction of sp³-hybridized carbons (Fsp3) is 0.357. The third kappa shape index (κ3) is 2.36. The minimum Gasteiger partial charge on any atom is -0.361 e. The van der Waals surface area contributed by atoms with Gasteiger partial charge in [-0.25, -0.2) is 9.97 Å². The van der Waals surface area contributed by atoms with E-state index in [0.717, 1.165) is 36.7 Å². The number of aromatic amines is 1. The van der Waals surface area contributed by atoms with Crippen LogP contribution in [0, 0.1) is 6.92 Å². The Morgan fingerprint density at radius 1 is 1.32 bits per heavy atom. The number of nitrogens with one attached hydrogen (secondary N) is 1. The van der Waals surface area contributed by atoms with Crippen molar-refractivity contribution in [1.82, 2.24) is 15.0 Å². The molecule has 0 spiro atoms. The van der Waals surface area contributed by atoms with Gasteiger partial charge in [-0.1, -0.05) is 0 Å². The zero-order valence-electron chi connectivity index (χ0n) is 10.8. The smallest absolute Gasteiger partial charge is 0.225 e. The Kier molecular flexibility index (Phi) is 3.03. The van der Waals surface area contributed by atoms with E-state index in [9.17, 15) is 4.79 Å². The van der Waals surface area contributed by atoms with Crippen LogP contribution >= 0.6 is 0 Å². The van der Waals surface area contributed by atoms with Crippen molar-refractivity contribution in [2.24, 2.45) is 0 Å². The predicted octanol–water partition coefficient (Wildman–Crippen LogP) is 1.81. The van der Waals surface area contributed by atoms with Crippen molar-refractivity contribution in [2.75, 3.05) is 11.4 Å². The Hall–Kier alpha value is -2.17. The molecule has 0 radical (unpaired) electrons. The molecule has 1 aliphatic heterocycles. The van der Waals surface area contributed by atoms with E-state index in [2.05, 4.69) is 19.9 Å². The number of aryl methyl sites for hydroxylation is 1. The minimum absolute atomic E-state index is 0.0482. The summed E-state index contributed by atoms with van der Waals surface area (Å²) in [7, 11) is 0. The number of hydrogen-bond donors (Lipinski definition) is 1. The van der Waals surface area contributed by atoms with Gasteiger partial charge in [0.15, 0.2) is 5.43 Å². The van der Waals surface area contributed by atoms with Crippen LogP contribution in [0.1, 0.15) is 30.3 Å². The van der Waals surface area contributed by atoms with E-state index < -0.39 is 0 Å². The third-order valence-corrected chi connectivity index (χ3v) is 3.42. The molecule has 0 amide bonds. The van der Waals surface area contributed by atoms with E-state index in [4.69, 9.17) is 0 Å². The average molecular weight is 256 g/mol. The standard InChI is InChI=1S/C14H16N4O/c1-10-8-11(19)9-12(17-10)13-4-2-7-18(13)14-15-5-3-6-16-14/h3,5-6,8-9,13H,2,4,7H2,1H3,(H,17,19)/t13-/m0/s1. The van der Waals surface area contributed by atoms with Crippen molar-refractivity contribution in [1.29, 1.82) is 0 Å². The Morgan fingerprint density at radius 2 is 2.11 bits per heavy atom. The summed E-state index contributed by atoms with van der Waals surface area (Å²) in [5.74, 6) is 0.729. The van der Waals surface area contributed by atoms with Gasteiger partial charge in [-0.15, -0.1) is 0 Å². The first-order valence-corrected chi connectivity index (χ1v) is 6.48. The maximum Gasteiger partial charge on any atom is 0.225 e. The number of H-pyrrole nitrogens is 1. The van der Waals surface area contributed by atoms with E-state index in [0.29, 0.717) is 0 Å². The Bertz CT molecular complexity index is 623. The van der Waals surface area contributed by atoms with Crippen LogP contribution in [0.15, 0.2) is 35.4 Å². The zero-order valence-corrected chi connectivity index (χ0v) is 10.8. The molecule has 1 fully saturated rings. The molecule has 5 heteroatoms. The molecular formula is C14H16N4O. The van der Waals surface area contributed by atoms with Gasteiger partial charge in [0.05, 0.1) is 6.04 Å². The van der Waals surface area contributed by atoms with Crippen LogP contribution in [0.2, 0.25) is 0 Å². The van der Waals surface area contributed by atoms with Gasteiger partial charge in [0.1, 0.15) is 0 Å². The van der Waals surface area contributed by atoms with Gasteiger partial charge in [-0.3, -0.25) is 4.79 Å². The van der Waals surface area contributed by atoms with E-state index in [1.54, 1.807) is 24.5 Å². The molecule has 2 aromatic heterocycles. The lowest BCUT2D eigenvalue weighted by molar-refractivity contribution is 0.676. The van der Waals surface area contributed by atoms with Crippen LogP contribution in [-0.2, 0) is 0 Å². The van der Waals surface area contributed by atoms with E-state index >= 15 is 0 Å². The largest absolute Gasteiger partial charge is 0.361 e. The first kappa shape index (κ1) is 11.9. The Morgan fingerprint density at radius 3 is 2.84 bits per heavy atom. The summed E-state index contributed by atoms with van der Waals surface area (Å²) < 4.78 is 0. The molecular weight excluding hydrogens is 240 g/mol. The molecule has 1 saturated heterocycles. The quantitative estimate of drug-likeness (QED) is 0.890. The summed E-state index contributed by atoms with van der Waals surface area (Å²) in [5, 5.41) is 0. The highest BCUT2D eigenvalue weighted by molar-refractivity contribution is 5.36. The summed E-state index contributed by atoms with van der Waals surface area (Å²) in [6.45, 7) is 2.83. The number of rotatable bonds is 2. The number of aromatic nitrogens is 3.